The van der Waals surface area contributed by atoms with Gasteiger partial charge in [-0.2, -0.15) is 0 Å². The van der Waals surface area contributed by atoms with Crippen molar-refractivity contribution in [3.63, 3.8) is 0 Å². The van der Waals surface area contributed by atoms with Gasteiger partial charge in [-0.3, -0.25) is 0 Å². The van der Waals surface area contributed by atoms with E-state index in [1.54, 1.807) is 12.1 Å². The maximum absolute atomic E-state index is 13.4. The first-order chi connectivity index (χ1) is 10.3. The molecule has 4 heteroatoms. The van der Waals surface area contributed by atoms with E-state index in [4.69, 9.17) is 0 Å². The summed E-state index contributed by atoms with van der Waals surface area (Å²) in [5.41, 5.74) is 2.04. The summed E-state index contributed by atoms with van der Waals surface area (Å²) in [5, 5.41) is 3.50. The Hall–Kier alpha value is -1.94. The molecule has 0 atom stereocenters. The standard InChI is InChI=1S/C17H20FN3/c1-2-21(16-5-3-4-14(18)11-16)17-10-13(8-9-19-17)12-20-15-6-7-15/h3-5,8-11,15,20H,2,6-7,12H2,1H3. The monoisotopic (exact) mass is 285 g/mol. The van der Waals surface area contributed by atoms with E-state index in [1.165, 1.54) is 24.5 Å². The molecule has 0 aliphatic heterocycles. The van der Waals surface area contributed by atoms with Crippen LogP contribution in [0.1, 0.15) is 25.3 Å². The molecule has 0 spiro atoms. The summed E-state index contributed by atoms with van der Waals surface area (Å²) in [6, 6.07) is 11.4. The number of benzene rings is 1. The lowest BCUT2D eigenvalue weighted by Crippen LogP contribution is -2.19. The van der Waals surface area contributed by atoms with Crippen molar-refractivity contribution in [3.8, 4) is 0 Å². The largest absolute Gasteiger partial charge is 0.327 e. The Morgan fingerprint density at radius 1 is 1.29 bits per heavy atom. The molecule has 2 aromatic rings. The van der Waals surface area contributed by atoms with E-state index in [0.29, 0.717) is 6.04 Å². The third kappa shape index (κ3) is 3.58. The van der Waals surface area contributed by atoms with Crippen LogP contribution >= 0.6 is 0 Å². The minimum Gasteiger partial charge on any atom is -0.327 e. The van der Waals surface area contributed by atoms with Gasteiger partial charge in [0.25, 0.3) is 0 Å². The molecule has 3 nitrogen and oxygen atoms in total. The molecule has 110 valence electrons. The second kappa shape index (κ2) is 6.22. The molecule has 1 heterocycles. The average Bonchev–Trinajstić information content (AvgIpc) is 3.31. The number of halogens is 1. The lowest BCUT2D eigenvalue weighted by Gasteiger charge is -2.22. The summed E-state index contributed by atoms with van der Waals surface area (Å²) in [7, 11) is 0. The molecule has 21 heavy (non-hydrogen) atoms. The van der Waals surface area contributed by atoms with Crippen molar-refractivity contribution in [2.45, 2.75) is 32.4 Å². The van der Waals surface area contributed by atoms with Gasteiger partial charge >= 0.3 is 0 Å². The number of aromatic nitrogens is 1. The second-order valence-electron chi connectivity index (χ2n) is 5.40. The molecule has 0 unspecified atom stereocenters. The van der Waals surface area contributed by atoms with E-state index < -0.39 is 0 Å². The van der Waals surface area contributed by atoms with Crippen LogP contribution in [0, 0.1) is 5.82 Å². The van der Waals surface area contributed by atoms with Crippen LogP contribution in [0.25, 0.3) is 0 Å². The second-order valence-corrected chi connectivity index (χ2v) is 5.40. The van der Waals surface area contributed by atoms with Crippen LogP contribution < -0.4 is 10.2 Å². The highest BCUT2D eigenvalue weighted by Crippen LogP contribution is 2.25. The molecule has 1 fully saturated rings. The molecular weight excluding hydrogens is 265 g/mol. The van der Waals surface area contributed by atoms with E-state index in [0.717, 1.165) is 24.6 Å². The fraction of sp³-hybridized carbons (Fsp3) is 0.353. The first kappa shape index (κ1) is 14.0. The van der Waals surface area contributed by atoms with Crippen LogP contribution in [-0.2, 0) is 6.54 Å². The van der Waals surface area contributed by atoms with Gasteiger partial charge in [0, 0.05) is 31.0 Å². The van der Waals surface area contributed by atoms with Crippen molar-refractivity contribution in [1.29, 1.82) is 0 Å². The number of pyridine rings is 1. The maximum Gasteiger partial charge on any atom is 0.133 e. The van der Waals surface area contributed by atoms with Crippen LogP contribution in [0.5, 0.6) is 0 Å². The fourth-order valence-corrected chi connectivity index (χ4v) is 2.39. The summed E-state index contributed by atoms with van der Waals surface area (Å²) in [5.74, 6) is 0.635. The van der Waals surface area contributed by atoms with Crippen molar-refractivity contribution in [2.75, 3.05) is 11.4 Å². The van der Waals surface area contributed by atoms with Crippen molar-refractivity contribution in [3.05, 3.63) is 54.0 Å². The first-order valence-electron chi connectivity index (χ1n) is 7.47. The first-order valence-corrected chi connectivity index (χ1v) is 7.47. The van der Waals surface area contributed by atoms with Crippen LogP contribution in [0.15, 0.2) is 42.6 Å². The molecule has 1 saturated carbocycles. The Morgan fingerprint density at radius 3 is 2.86 bits per heavy atom. The summed E-state index contributed by atoms with van der Waals surface area (Å²) < 4.78 is 13.4. The predicted molar refractivity (Wildman–Crippen MR) is 83.2 cm³/mol. The molecule has 0 saturated heterocycles. The van der Waals surface area contributed by atoms with Crippen LogP contribution in [-0.4, -0.2) is 17.6 Å². The Bertz CT molecular complexity index is 610. The van der Waals surface area contributed by atoms with Crippen molar-refractivity contribution < 1.29 is 4.39 Å². The van der Waals surface area contributed by atoms with Crippen molar-refractivity contribution in [1.82, 2.24) is 10.3 Å². The zero-order valence-corrected chi connectivity index (χ0v) is 12.2. The Balaban J connectivity index is 1.80. The smallest absolute Gasteiger partial charge is 0.133 e. The summed E-state index contributed by atoms with van der Waals surface area (Å²) in [6.07, 6.45) is 4.38. The normalized spacial score (nSPS) is 14.2. The van der Waals surface area contributed by atoms with Crippen molar-refractivity contribution >= 4 is 11.5 Å². The van der Waals surface area contributed by atoms with Gasteiger partial charge < -0.3 is 10.2 Å². The van der Waals surface area contributed by atoms with Gasteiger partial charge in [0.2, 0.25) is 0 Å². The highest BCUT2D eigenvalue weighted by Gasteiger charge is 2.20. The molecular formula is C17H20FN3. The molecule has 0 bridgehead atoms. The third-order valence-electron chi connectivity index (χ3n) is 3.69. The van der Waals surface area contributed by atoms with Gasteiger partial charge in [0.05, 0.1) is 0 Å². The van der Waals surface area contributed by atoms with Gasteiger partial charge in [-0.15, -0.1) is 0 Å². The number of nitrogens with one attached hydrogen (secondary N) is 1. The summed E-state index contributed by atoms with van der Waals surface area (Å²) in [4.78, 5) is 6.45. The van der Waals surface area contributed by atoms with Gasteiger partial charge in [0.15, 0.2) is 0 Å². The van der Waals surface area contributed by atoms with E-state index >= 15 is 0 Å². The predicted octanol–water partition coefficient (Wildman–Crippen LogP) is 3.63. The fourth-order valence-electron chi connectivity index (χ4n) is 2.39. The van der Waals surface area contributed by atoms with Gasteiger partial charge in [-0.25, -0.2) is 9.37 Å². The topological polar surface area (TPSA) is 28.2 Å². The number of nitrogens with zero attached hydrogens (tertiary/aromatic N) is 2. The molecule has 0 amide bonds. The van der Waals surface area contributed by atoms with Gasteiger partial charge in [-0.1, -0.05) is 6.07 Å². The summed E-state index contributed by atoms with van der Waals surface area (Å²) >= 11 is 0. The molecule has 1 aromatic heterocycles. The van der Waals surface area contributed by atoms with Crippen LogP contribution in [0.3, 0.4) is 0 Å². The maximum atomic E-state index is 13.4. The van der Waals surface area contributed by atoms with Crippen LogP contribution in [0.2, 0.25) is 0 Å². The number of rotatable bonds is 6. The van der Waals surface area contributed by atoms with E-state index in [-0.39, 0.29) is 5.82 Å². The number of hydrogen-bond acceptors (Lipinski definition) is 3. The minimum absolute atomic E-state index is 0.225. The van der Waals surface area contributed by atoms with E-state index in [2.05, 4.69) is 16.4 Å². The lowest BCUT2D eigenvalue weighted by atomic mass is 10.2. The Kier molecular flexibility index (Phi) is 4.15. The van der Waals surface area contributed by atoms with E-state index in [9.17, 15) is 4.39 Å². The van der Waals surface area contributed by atoms with Crippen molar-refractivity contribution in [2.24, 2.45) is 0 Å². The molecule has 1 N–H and O–H groups in total. The molecule has 3 rings (SSSR count). The average molecular weight is 285 g/mol. The van der Waals surface area contributed by atoms with E-state index in [1.807, 2.05) is 30.2 Å². The summed E-state index contributed by atoms with van der Waals surface area (Å²) in [6.45, 7) is 3.65. The lowest BCUT2D eigenvalue weighted by molar-refractivity contribution is 0.627. The van der Waals surface area contributed by atoms with Gasteiger partial charge in [0.1, 0.15) is 11.6 Å². The molecule has 1 aromatic carbocycles. The quantitative estimate of drug-likeness (QED) is 0.878. The Labute approximate surface area is 124 Å². The minimum atomic E-state index is -0.225. The number of anilines is 2. The third-order valence-corrected chi connectivity index (χ3v) is 3.69. The molecule has 0 radical (unpaired) electrons. The zero-order chi connectivity index (χ0) is 14.7. The van der Waals surface area contributed by atoms with Gasteiger partial charge in [-0.05, 0) is 55.7 Å². The highest BCUT2D eigenvalue weighted by atomic mass is 19.1. The Morgan fingerprint density at radius 2 is 2.14 bits per heavy atom. The molecule has 1 aliphatic carbocycles. The number of hydrogen-bond donors (Lipinski definition) is 1. The van der Waals surface area contributed by atoms with Crippen LogP contribution in [0.4, 0.5) is 15.9 Å². The highest BCUT2D eigenvalue weighted by molar-refractivity contribution is 5.60. The molecule has 1 aliphatic rings. The SMILES string of the molecule is CCN(c1cccc(F)c1)c1cc(CNC2CC2)ccn1. The zero-order valence-electron chi connectivity index (χ0n) is 12.2.